The molecule has 1 fully saturated rings. The highest BCUT2D eigenvalue weighted by Gasteiger charge is 2.50. The van der Waals surface area contributed by atoms with Crippen LogP contribution in [0.4, 0.5) is 10.8 Å². The normalized spacial score (nSPS) is 29.9. The fourth-order valence-corrected chi connectivity index (χ4v) is 5.60. The van der Waals surface area contributed by atoms with E-state index in [1.165, 1.54) is 23.1 Å². The summed E-state index contributed by atoms with van der Waals surface area (Å²) in [5.41, 5.74) is 0.762. The van der Waals surface area contributed by atoms with Crippen LogP contribution >= 0.6 is 23.1 Å². The van der Waals surface area contributed by atoms with E-state index in [-0.39, 0.29) is 24.4 Å². The zero-order valence-corrected chi connectivity index (χ0v) is 16.7. The average Bonchev–Trinajstić information content (AvgIpc) is 3.45. The van der Waals surface area contributed by atoms with Crippen LogP contribution in [0.25, 0.3) is 0 Å². The number of nitrogens with one attached hydrogen (secondary N) is 2. The van der Waals surface area contributed by atoms with E-state index < -0.39 is 24.2 Å². The maximum atomic E-state index is 12.8. The van der Waals surface area contributed by atoms with Crippen molar-refractivity contribution in [1.82, 2.24) is 4.98 Å². The van der Waals surface area contributed by atoms with Crippen molar-refractivity contribution in [3.63, 3.8) is 0 Å². The second-order valence-electron chi connectivity index (χ2n) is 6.93. The standard InChI is InChI=1S/C18H18N4O5S2/c23-10-6-9(16(25)22-17-19-3-4-28-17)15-13(14(10)24)21-18(29-15)20-8-1-2-11-12(5-8)27-7-26-11/h1-5,9-10,13-15,23-24H,6-7H2,(H,20,21)(H,19,22,25)/t9-,10+,13+,14-,15+/m0/s1. The quantitative estimate of drug-likeness (QED) is 0.573. The second kappa shape index (κ2) is 7.48. The number of amidine groups is 1. The van der Waals surface area contributed by atoms with Crippen LogP contribution in [0.3, 0.4) is 0 Å². The van der Waals surface area contributed by atoms with Crippen molar-refractivity contribution >= 4 is 45.0 Å². The minimum absolute atomic E-state index is 0.166. The topological polar surface area (TPSA) is 125 Å². The van der Waals surface area contributed by atoms with Crippen LogP contribution in [0.15, 0.2) is 34.8 Å². The highest BCUT2D eigenvalue weighted by atomic mass is 32.2. The molecular formula is C18H18N4O5S2. The number of hydrogen-bond acceptors (Lipinski definition) is 10. The van der Waals surface area contributed by atoms with Crippen LogP contribution in [0.5, 0.6) is 11.5 Å². The van der Waals surface area contributed by atoms with Gasteiger partial charge in [0, 0.05) is 28.6 Å². The summed E-state index contributed by atoms with van der Waals surface area (Å²) in [5.74, 6) is 0.593. The molecular weight excluding hydrogens is 416 g/mol. The summed E-state index contributed by atoms with van der Waals surface area (Å²) in [7, 11) is 0. The molecule has 4 N–H and O–H groups in total. The van der Waals surface area contributed by atoms with Gasteiger partial charge in [0.2, 0.25) is 12.7 Å². The number of amides is 1. The number of aliphatic hydroxyl groups is 2. The van der Waals surface area contributed by atoms with Gasteiger partial charge in [-0.05, 0) is 18.6 Å². The van der Waals surface area contributed by atoms with Gasteiger partial charge in [-0.2, -0.15) is 0 Å². The van der Waals surface area contributed by atoms with Crippen molar-refractivity contribution in [3.8, 4) is 11.5 Å². The number of hydrogen-bond donors (Lipinski definition) is 4. The van der Waals surface area contributed by atoms with Crippen molar-refractivity contribution < 1.29 is 24.5 Å². The number of benzene rings is 1. The molecule has 2 aliphatic heterocycles. The Morgan fingerprint density at radius 1 is 1.24 bits per heavy atom. The number of aliphatic hydroxyl groups excluding tert-OH is 2. The molecule has 5 rings (SSSR count). The Labute approximate surface area is 174 Å². The van der Waals surface area contributed by atoms with E-state index in [4.69, 9.17) is 9.47 Å². The van der Waals surface area contributed by atoms with Gasteiger partial charge in [-0.1, -0.05) is 11.8 Å². The first kappa shape index (κ1) is 18.7. The Bertz CT molecular complexity index is 954. The predicted molar refractivity (Wildman–Crippen MR) is 110 cm³/mol. The van der Waals surface area contributed by atoms with Crippen LogP contribution in [0, 0.1) is 5.92 Å². The van der Waals surface area contributed by atoms with E-state index in [1.807, 2.05) is 12.1 Å². The molecule has 9 nitrogen and oxygen atoms in total. The number of ether oxygens (including phenoxy) is 2. The molecule has 1 saturated carbocycles. The molecule has 1 aromatic heterocycles. The number of thioether (sulfide) groups is 1. The zero-order chi connectivity index (χ0) is 20.0. The third-order valence-corrected chi connectivity index (χ3v) is 7.11. The van der Waals surface area contributed by atoms with E-state index in [2.05, 4.69) is 20.6 Å². The number of carbonyl (C=O) groups excluding carboxylic acids is 1. The van der Waals surface area contributed by atoms with Gasteiger partial charge in [0.25, 0.3) is 0 Å². The number of fused-ring (bicyclic) bond motifs is 2. The molecule has 11 heteroatoms. The van der Waals surface area contributed by atoms with Crippen molar-refractivity contribution in [2.75, 3.05) is 17.4 Å². The number of carbonyl (C=O) groups is 1. The highest BCUT2D eigenvalue weighted by molar-refractivity contribution is 8.15. The van der Waals surface area contributed by atoms with Gasteiger partial charge in [-0.3, -0.25) is 9.79 Å². The minimum atomic E-state index is -1.02. The maximum Gasteiger partial charge on any atom is 0.231 e. The summed E-state index contributed by atoms with van der Waals surface area (Å²) in [6.45, 7) is 0.193. The molecule has 1 aliphatic carbocycles. The number of thiazole rings is 1. The lowest BCUT2D eigenvalue weighted by molar-refractivity contribution is -0.124. The lowest BCUT2D eigenvalue weighted by Gasteiger charge is -2.37. The summed E-state index contributed by atoms with van der Waals surface area (Å²) in [6, 6.07) is 4.88. The van der Waals surface area contributed by atoms with Gasteiger partial charge in [0.05, 0.1) is 18.1 Å². The summed E-state index contributed by atoms with van der Waals surface area (Å²) < 4.78 is 10.7. The number of rotatable bonds is 3. The Balaban J connectivity index is 1.33. The molecule has 3 aliphatic rings. The molecule has 0 radical (unpaired) electrons. The maximum absolute atomic E-state index is 12.8. The van der Waals surface area contributed by atoms with Crippen LogP contribution in [-0.4, -0.2) is 56.6 Å². The smallest absolute Gasteiger partial charge is 0.231 e. The Morgan fingerprint density at radius 2 is 2.10 bits per heavy atom. The highest BCUT2D eigenvalue weighted by Crippen LogP contribution is 2.42. The van der Waals surface area contributed by atoms with Gasteiger partial charge < -0.3 is 30.3 Å². The molecule has 29 heavy (non-hydrogen) atoms. The largest absolute Gasteiger partial charge is 0.454 e. The van der Waals surface area contributed by atoms with Crippen LogP contribution in [0.2, 0.25) is 0 Å². The van der Waals surface area contributed by atoms with Gasteiger partial charge in [-0.15, -0.1) is 11.3 Å². The number of aromatic nitrogens is 1. The van der Waals surface area contributed by atoms with Crippen molar-refractivity contribution in [2.24, 2.45) is 10.9 Å². The Kier molecular flexibility index (Phi) is 4.82. The third kappa shape index (κ3) is 3.54. The monoisotopic (exact) mass is 434 g/mol. The fourth-order valence-electron chi connectivity index (χ4n) is 3.69. The first-order valence-electron chi connectivity index (χ1n) is 9.06. The summed E-state index contributed by atoms with van der Waals surface area (Å²) in [4.78, 5) is 21.4. The molecule has 5 atom stereocenters. The van der Waals surface area contributed by atoms with Crippen molar-refractivity contribution in [3.05, 3.63) is 29.8 Å². The predicted octanol–water partition coefficient (Wildman–Crippen LogP) is 1.50. The average molecular weight is 434 g/mol. The summed E-state index contributed by atoms with van der Waals surface area (Å²) in [6.07, 6.45) is -0.257. The van der Waals surface area contributed by atoms with Crippen molar-refractivity contribution in [2.45, 2.75) is 29.9 Å². The van der Waals surface area contributed by atoms with Crippen LogP contribution in [-0.2, 0) is 4.79 Å². The summed E-state index contributed by atoms with van der Waals surface area (Å²) >= 11 is 2.72. The van der Waals surface area contributed by atoms with E-state index in [9.17, 15) is 15.0 Å². The van der Waals surface area contributed by atoms with Gasteiger partial charge in [0.1, 0.15) is 6.10 Å². The van der Waals surface area contributed by atoms with E-state index >= 15 is 0 Å². The van der Waals surface area contributed by atoms with Crippen LogP contribution in [0.1, 0.15) is 6.42 Å². The van der Waals surface area contributed by atoms with E-state index in [0.717, 1.165) is 5.69 Å². The molecule has 0 bridgehead atoms. The SMILES string of the molecule is O=C(Nc1nccs1)[C@H]1C[C@@H](O)[C@H](O)[C@H]2N=C(Nc3ccc4c(c3)OCO4)S[C@@H]21. The second-order valence-corrected chi connectivity index (χ2v) is 8.99. The first-order valence-corrected chi connectivity index (χ1v) is 10.8. The van der Waals surface area contributed by atoms with Gasteiger partial charge >= 0.3 is 0 Å². The molecule has 3 heterocycles. The minimum Gasteiger partial charge on any atom is -0.454 e. The van der Waals surface area contributed by atoms with Crippen LogP contribution < -0.4 is 20.1 Å². The molecule has 152 valence electrons. The molecule has 2 aromatic rings. The lowest BCUT2D eigenvalue weighted by atomic mass is 9.81. The summed E-state index contributed by atoms with van der Waals surface area (Å²) in [5, 5.41) is 29.3. The van der Waals surface area contributed by atoms with E-state index in [1.54, 1.807) is 17.6 Å². The molecule has 1 aromatic carbocycles. The lowest BCUT2D eigenvalue weighted by Crippen LogP contribution is -2.52. The molecule has 1 amide bonds. The Morgan fingerprint density at radius 3 is 2.93 bits per heavy atom. The van der Waals surface area contributed by atoms with E-state index in [0.29, 0.717) is 21.8 Å². The Hall–Kier alpha value is -2.34. The molecule has 0 spiro atoms. The van der Waals surface area contributed by atoms with Gasteiger partial charge in [-0.25, -0.2) is 4.98 Å². The number of anilines is 2. The fraction of sp³-hybridized carbons (Fsp3) is 0.389. The number of aliphatic imine (C=N–C) groups is 1. The first-order chi connectivity index (χ1) is 14.1. The molecule has 0 unspecified atom stereocenters. The number of nitrogens with zero attached hydrogens (tertiary/aromatic N) is 2. The third-order valence-electron chi connectivity index (χ3n) is 5.11. The zero-order valence-electron chi connectivity index (χ0n) is 15.0. The van der Waals surface area contributed by atoms with Crippen molar-refractivity contribution in [1.29, 1.82) is 0 Å². The van der Waals surface area contributed by atoms with Gasteiger partial charge in [0.15, 0.2) is 21.8 Å². The molecule has 0 saturated heterocycles.